The molecular formula is C12H12ClNO3S. The Labute approximate surface area is 110 Å². The van der Waals surface area contributed by atoms with Crippen LogP contribution in [0.3, 0.4) is 0 Å². The molecule has 2 aromatic rings. The molecule has 0 radical (unpaired) electrons. The Hall–Kier alpha value is -1.33. The number of benzene rings is 1. The fraction of sp³-hybridized carbons (Fsp3) is 0.250. The summed E-state index contributed by atoms with van der Waals surface area (Å²) in [6.07, 6.45) is 0. The molecule has 1 aromatic carbocycles. The van der Waals surface area contributed by atoms with Gasteiger partial charge in [-0.1, -0.05) is 35.0 Å². The highest BCUT2D eigenvalue weighted by Gasteiger charge is 2.17. The van der Waals surface area contributed by atoms with Gasteiger partial charge in [-0.15, -0.1) is 0 Å². The van der Waals surface area contributed by atoms with Gasteiger partial charge >= 0.3 is 0 Å². The van der Waals surface area contributed by atoms with Crippen LogP contribution in [0, 0.1) is 6.92 Å². The van der Waals surface area contributed by atoms with Crippen LogP contribution in [0.2, 0.25) is 5.02 Å². The van der Waals surface area contributed by atoms with Crippen molar-refractivity contribution in [1.29, 1.82) is 0 Å². The van der Waals surface area contributed by atoms with Gasteiger partial charge in [0, 0.05) is 11.1 Å². The molecule has 6 heteroatoms. The number of hydrogen-bond acceptors (Lipinski definition) is 4. The van der Waals surface area contributed by atoms with E-state index in [2.05, 4.69) is 5.16 Å². The Kier molecular flexibility index (Phi) is 3.73. The Balaban J connectivity index is 2.15. The third-order valence-corrected chi connectivity index (χ3v) is 4.22. The minimum absolute atomic E-state index is 0.105. The highest BCUT2D eigenvalue weighted by molar-refractivity contribution is 7.89. The first-order valence-corrected chi connectivity index (χ1v) is 7.52. The van der Waals surface area contributed by atoms with Crippen LogP contribution in [-0.4, -0.2) is 13.6 Å². The predicted octanol–water partition coefficient (Wildman–Crippen LogP) is 2.75. The second kappa shape index (κ2) is 5.12. The van der Waals surface area contributed by atoms with Crippen LogP contribution in [0.4, 0.5) is 0 Å². The summed E-state index contributed by atoms with van der Waals surface area (Å²) in [4.78, 5) is 0. The zero-order valence-electron chi connectivity index (χ0n) is 9.76. The molecule has 0 bridgehead atoms. The summed E-state index contributed by atoms with van der Waals surface area (Å²) in [6.45, 7) is 1.74. The first-order chi connectivity index (χ1) is 8.46. The molecule has 0 aliphatic heterocycles. The van der Waals surface area contributed by atoms with Gasteiger partial charge in [0.2, 0.25) is 0 Å². The smallest absolute Gasteiger partial charge is 0.161 e. The van der Waals surface area contributed by atoms with Crippen molar-refractivity contribution in [3.8, 4) is 0 Å². The maximum Gasteiger partial charge on any atom is 0.161 e. The molecule has 2 rings (SSSR count). The summed E-state index contributed by atoms with van der Waals surface area (Å²) in [5, 5.41) is 4.11. The van der Waals surface area contributed by atoms with Crippen molar-refractivity contribution in [1.82, 2.24) is 5.16 Å². The first-order valence-electron chi connectivity index (χ1n) is 5.32. The molecule has 0 aliphatic carbocycles. The van der Waals surface area contributed by atoms with Gasteiger partial charge in [-0.25, -0.2) is 8.42 Å². The van der Waals surface area contributed by atoms with Gasteiger partial charge < -0.3 is 4.52 Å². The number of halogens is 1. The molecule has 0 fully saturated rings. The highest BCUT2D eigenvalue weighted by atomic mass is 35.5. The molecule has 0 unspecified atom stereocenters. The van der Waals surface area contributed by atoms with Gasteiger partial charge in [-0.2, -0.15) is 0 Å². The Morgan fingerprint density at radius 1 is 1.28 bits per heavy atom. The van der Waals surface area contributed by atoms with Gasteiger partial charge in [0.25, 0.3) is 0 Å². The minimum Gasteiger partial charge on any atom is -0.360 e. The second-order valence-electron chi connectivity index (χ2n) is 4.06. The topological polar surface area (TPSA) is 60.2 Å². The summed E-state index contributed by atoms with van der Waals surface area (Å²) in [5.41, 5.74) is 1.26. The van der Waals surface area contributed by atoms with Gasteiger partial charge in [0.15, 0.2) is 15.6 Å². The standard InChI is InChI=1S/C12H12ClNO3S/c1-9-6-11(17-14-9)8-18(15,16)7-10-4-2-3-5-12(10)13/h2-6H,7-8H2,1H3. The van der Waals surface area contributed by atoms with E-state index in [-0.39, 0.29) is 11.5 Å². The van der Waals surface area contributed by atoms with Crippen molar-refractivity contribution in [3.63, 3.8) is 0 Å². The number of aryl methyl sites for hydroxylation is 1. The molecule has 1 aromatic heterocycles. The van der Waals surface area contributed by atoms with Crippen LogP contribution in [0.25, 0.3) is 0 Å². The molecule has 0 saturated heterocycles. The molecular weight excluding hydrogens is 274 g/mol. The zero-order valence-corrected chi connectivity index (χ0v) is 11.3. The van der Waals surface area contributed by atoms with Gasteiger partial charge in [-0.3, -0.25) is 0 Å². The lowest BCUT2D eigenvalue weighted by atomic mass is 10.2. The molecule has 0 amide bonds. The monoisotopic (exact) mass is 285 g/mol. The Morgan fingerprint density at radius 2 is 2.00 bits per heavy atom. The number of nitrogens with zero attached hydrogens (tertiary/aromatic N) is 1. The fourth-order valence-electron chi connectivity index (χ4n) is 1.60. The van der Waals surface area contributed by atoms with Crippen LogP contribution < -0.4 is 0 Å². The van der Waals surface area contributed by atoms with Crippen LogP contribution in [0.5, 0.6) is 0 Å². The van der Waals surface area contributed by atoms with E-state index in [0.717, 1.165) is 0 Å². The summed E-state index contributed by atoms with van der Waals surface area (Å²) < 4.78 is 28.9. The van der Waals surface area contributed by atoms with Crippen molar-refractivity contribution in [2.45, 2.75) is 18.4 Å². The van der Waals surface area contributed by atoms with Crippen LogP contribution in [0.1, 0.15) is 17.0 Å². The van der Waals surface area contributed by atoms with Crippen molar-refractivity contribution in [2.24, 2.45) is 0 Å². The highest BCUT2D eigenvalue weighted by Crippen LogP contribution is 2.19. The van der Waals surface area contributed by atoms with E-state index in [1.165, 1.54) is 0 Å². The number of rotatable bonds is 4. The summed E-state index contributed by atoms with van der Waals surface area (Å²) in [7, 11) is -3.32. The fourth-order valence-corrected chi connectivity index (χ4v) is 3.28. The quantitative estimate of drug-likeness (QED) is 0.866. The van der Waals surface area contributed by atoms with Crippen LogP contribution >= 0.6 is 11.6 Å². The number of hydrogen-bond donors (Lipinski definition) is 0. The molecule has 0 aliphatic rings. The van der Waals surface area contributed by atoms with E-state index < -0.39 is 9.84 Å². The molecule has 0 saturated carbocycles. The molecule has 0 atom stereocenters. The summed E-state index contributed by atoms with van der Waals surface area (Å²) >= 11 is 5.94. The third-order valence-electron chi connectivity index (χ3n) is 2.37. The van der Waals surface area contributed by atoms with E-state index in [4.69, 9.17) is 16.1 Å². The average molecular weight is 286 g/mol. The average Bonchev–Trinajstić information content (AvgIpc) is 2.66. The molecule has 18 heavy (non-hydrogen) atoms. The zero-order chi connectivity index (χ0) is 13.2. The molecule has 1 heterocycles. The SMILES string of the molecule is Cc1cc(CS(=O)(=O)Cc2ccccc2Cl)on1. The van der Waals surface area contributed by atoms with E-state index in [1.54, 1.807) is 37.3 Å². The largest absolute Gasteiger partial charge is 0.360 e. The molecule has 0 N–H and O–H groups in total. The van der Waals surface area contributed by atoms with Gasteiger partial charge in [-0.05, 0) is 18.6 Å². The van der Waals surface area contributed by atoms with Crippen LogP contribution in [0.15, 0.2) is 34.9 Å². The molecule has 0 spiro atoms. The summed E-state index contributed by atoms with van der Waals surface area (Å²) in [5.74, 6) is 0.0745. The Morgan fingerprint density at radius 3 is 2.61 bits per heavy atom. The lowest BCUT2D eigenvalue weighted by Gasteiger charge is -2.04. The van der Waals surface area contributed by atoms with Crippen molar-refractivity contribution in [3.05, 3.63) is 52.4 Å². The third kappa shape index (κ3) is 3.34. The van der Waals surface area contributed by atoms with Crippen molar-refractivity contribution < 1.29 is 12.9 Å². The number of aromatic nitrogens is 1. The first kappa shape index (κ1) is 13.1. The van der Waals surface area contributed by atoms with E-state index in [9.17, 15) is 8.42 Å². The molecule has 4 nitrogen and oxygen atoms in total. The van der Waals surface area contributed by atoms with Crippen LogP contribution in [-0.2, 0) is 21.3 Å². The minimum atomic E-state index is -3.32. The number of sulfone groups is 1. The normalized spacial score (nSPS) is 11.7. The second-order valence-corrected chi connectivity index (χ2v) is 6.53. The maximum atomic E-state index is 12.0. The van der Waals surface area contributed by atoms with Gasteiger partial charge in [0.1, 0.15) is 5.75 Å². The Bertz CT molecular complexity index is 649. The molecule has 96 valence electrons. The maximum absolute atomic E-state index is 12.0. The lowest BCUT2D eigenvalue weighted by molar-refractivity contribution is 0.388. The van der Waals surface area contributed by atoms with E-state index in [1.807, 2.05) is 0 Å². The van der Waals surface area contributed by atoms with E-state index in [0.29, 0.717) is 22.0 Å². The summed E-state index contributed by atoms with van der Waals surface area (Å²) in [6, 6.07) is 8.51. The van der Waals surface area contributed by atoms with Gasteiger partial charge in [0.05, 0.1) is 11.4 Å². The lowest BCUT2D eigenvalue weighted by Crippen LogP contribution is -2.07. The van der Waals surface area contributed by atoms with E-state index >= 15 is 0 Å². The predicted molar refractivity (Wildman–Crippen MR) is 69.0 cm³/mol. The van der Waals surface area contributed by atoms with Crippen molar-refractivity contribution in [2.75, 3.05) is 0 Å². The van der Waals surface area contributed by atoms with Crippen molar-refractivity contribution >= 4 is 21.4 Å².